The van der Waals surface area contributed by atoms with E-state index in [0.29, 0.717) is 34.3 Å². The van der Waals surface area contributed by atoms with E-state index in [4.69, 9.17) is 0 Å². The molecule has 0 saturated heterocycles. The van der Waals surface area contributed by atoms with Crippen LogP contribution in [0.15, 0.2) is 140 Å². The van der Waals surface area contributed by atoms with Crippen LogP contribution in [0.4, 0.5) is 37.7 Å². The highest BCUT2D eigenvalue weighted by Gasteiger charge is 2.37. The minimum Gasteiger partial charge on any atom is -0.339 e. The second kappa shape index (κ2) is 16.5. The first-order valence-electron chi connectivity index (χ1n) is 18.9. The van der Waals surface area contributed by atoms with Crippen molar-refractivity contribution < 1.29 is 43.2 Å². The van der Waals surface area contributed by atoms with Gasteiger partial charge in [-0.3, -0.25) is 9.97 Å². The van der Waals surface area contributed by atoms with Gasteiger partial charge in [0, 0.05) is 46.0 Å². The van der Waals surface area contributed by atoms with Gasteiger partial charge >= 0.3 is 12.4 Å². The molecule has 18 heteroatoms. The highest BCUT2D eigenvalue weighted by atomic mass is 32.2. The van der Waals surface area contributed by atoms with E-state index in [0.717, 1.165) is 23.3 Å². The third-order valence-corrected chi connectivity index (χ3v) is 12.5. The summed E-state index contributed by atoms with van der Waals surface area (Å²) in [7, 11) is -8.12. The maximum absolute atomic E-state index is 13.4. The van der Waals surface area contributed by atoms with E-state index in [1.54, 1.807) is 0 Å². The van der Waals surface area contributed by atoms with Gasteiger partial charge in [-0.25, -0.2) is 0 Å². The van der Waals surface area contributed by atoms with Gasteiger partial charge in [-0.2, -0.15) is 43.2 Å². The zero-order valence-corrected chi connectivity index (χ0v) is 34.8. The molecule has 0 aliphatic carbocycles. The summed E-state index contributed by atoms with van der Waals surface area (Å²) in [6, 6.07) is 27.3. The van der Waals surface area contributed by atoms with Crippen molar-refractivity contribution in [1.82, 2.24) is 9.97 Å². The standard InChI is InChI=1S/2C22H18F3N3O2S/c2*1-13(2)14-5-8-16(9-6-14)27-21-17-10-7-15(12-19(17)31(29,30)28-21)20-18(22(23,24)25)4-3-11-26-20/h2*3-13H,1-2H3,(H,27,28). The summed E-state index contributed by atoms with van der Waals surface area (Å²) in [6.07, 6.45) is -6.77. The Morgan fingerprint density at radius 3 is 1.18 bits per heavy atom. The lowest BCUT2D eigenvalue weighted by atomic mass is 10.0. The molecular weight excluding hydrogens is 855 g/mol. The summed E-state index contributed by atoms with van der Waals surface area (Å²) in [6.45, 7) is 8.26. The molecule has 0 radical (unpaired) electrons. The molecule has 0 spiro atoms. The molecule has 0 amide bonds. The van der Waals surface area contributed by atoms with Crippen molar-refractivity contribution in [2.24, 2.45) is 8.80 Å². The smallest absolute Gasteiger partial charge is 0.339 e. The van der Waals surface area contributed by atoms with E-state index in [1.807, 2.05) is 48.5 Å². The van der Waals surface area contributed by atoms with Crippen LogP contribution in [0.1, 0.15) is 72.9 Å². The van der Waals surface area contributed by atoms with E-state index in [2.05, 4.69) is 57.1 Å². The Kier molecular flexibility index (Phi) is 11.6. The van der Waals surface area contributed by atoms with Crippen molar-refractivity contribution in [3.05, 3.63) is 155 Å². The van der Waals surface area contributed by atoms with Crippen molar-refractivity contribution in [3.8, 4) is 22.5 Å². The number of nitrogens with zero attached hydrogens (tertiary/aromatic N) is 4. The van der Waals surface area contributed by atoms with E-state index in [-0.39, 0.29) is 44.0 Å². The number of sulfonamides is 2. The van der Waals surface area contributed by atoms with Crippen LogP contribution in [0, 0.1) is 0 Å². The molecule has 2 aliphatic heterocycles. The average molecular weight is 891 g/mol. The highest BCUT2D eigenvalue weighted by Crippen LogP contribution is 2.40. The molecule has 4 heterocycles. The number of rotatable bonds is 6. The fraction of sp³-hybridized carbons (Fsp3) is 0.182. The zero-order chi connectivity index (χ0) is 44.8. The molecule has 2 aliphatic rings. The highest BCUT2D eigenvalue weighted by molar-refractivity contribution is 7.91. The van der Waals surface area contributed by atoms with E-state index in [9.17, 15) is 43.2 Å². The van der Waals surface area contributed by atoms with E-state index in [1.165, 1.54) is 60.9 Å². The van der Waals surface area contributed by atoms with E-state index >= 15 is 0 Å². The van der Waals surface area contributed by atoms with Gasteiger partial charge in [-0.1, -0.05) is 64.1 Å². The summed E-state index contributed by atoms with van der Waals surface area (Å²) in [5, 5.41) is 5.98. The molecule has 10 nitrogen and oxygen atoms in total. The van der Waals surface area contributed by atoms with Crippen LogP contribution in [0.25, 0.3) is 22.5 Å². The topological polar surface area (TPSA) is 143 Å². The Labute approximate surface area is 353 Å². The number of pyridine rings is 2. The van der Waals surface area contributed by atoms with Crippen LogP contribution in [0.2, 0.25) is 0 Å². The molecule has 320 valence electrons. The first-order valence-corrected chi connectivity index (χ1v) is 21.8. The first kappa shape index (κ1) is 43.7. The molecule has 4 aromatic carbocycles. The summed E-state index contributed by atoms with van der Waals surface area (Å²) in [4.78, 5) is 7.34. The summed E-state index contributed by atoms with van der Waals surface area (Å²) < 4.78 is 138. The van der Waals surface area contributed by atoms with Crippen LogP contribution in [-0.2, 0) is 32.4 Å². The Bertz CT molecular complexity index is 2770. The molecule has 0 saturated carbocycles. The van der Waals surface area contributed by atoms with E-state index < -0.39 is 43.5 Å². The predicted octanol–water partition coefficient (Wildman–Crippen LogP) is 10.9. The van der Waals surface area contributed by atoms with Gasteiger partial charge in [0.25, 0.3) is 20.0 Å². The second-order valence-corrected chi connectivity index (χ2v) is 18.0. The minimum atomic E-state index is -4.62. The molecule has 2 N–H and O–H groups in total. The van der Waals surface area contributed by atoms with Gasteiger partial charge in [-0.15, -0.1) is 8.80 Å². The van der Waals surface area contributed by atoms with Crippen LogP contribution in [0.3, 0.4) is 0 Å². The largest absolute Gasteiger partial charge is 0.418 e. The Hall–Kier alpha value is -6.40. The van der Waals surface area contributed by atoms with Crippen molar-refractivity contribution in [2.45, 2.75) is 61.7 Å². The summed E-state index contributed by atoms with van der Waals surface area (Å²) in [5.41, 5.74) is 1.71. The SMILES string of the molecule is CC(C)c1ccc(NC2=NS(=O)(=O)c3cc(-c4ncccc4C(F)(F)F)ccc32)cc1.CC(C)c1ccc(NC2=NS(=O)(=O)c3cc(-c4ncccc4C(F)(F)F)ccc32)cc1. The molecule has 0 bridgehead atoms. The van der Waals surface area contributed by atoms with Crippen molar-refractivity contribution in [1.29, 1.82) is 0 Å². The van der Waals surface area contributed by atoms with Gasteiger partial charge in [0.15, 0.2) is 11.7 Å². The molecular formula is C44H36F6N6O4S2. The van der Waals surface area contributed by atoms with Crippen molar-refractivity contribution in [2.75, 3.05) is 10.6 Å². The lowest BCUT2D eigenvalue weighted by molar-refractivity contribution is -0.138. The first-order chi connectivity index (χ1) is 29.1. The maximum Gasteiger partial charge on any atom is 0.418 e. The number of hydrogen-bond acceptors (Lipinski definition) is 8. The molecule has 2 aromatic heterocycles. The third kappa shape index (κ3) is 9.11. The number of aromatic nitrogens is 2. The number of amidine groups is 2. The van der Waals surface area contributed by atoms with Gasteiger partial charge in [-0.05, 0) is 95.8 Å². The van der Waals surface area contributed by atoms with Gasteiger partial charge < -0.3 is 10.6 Å². The maximum atomic E-state index is 13.4. The minimum absolute atomic E-state index is 0.0491. The van der Waals surface area contributed by atoms with Crippen molar-refractivity contribution >= 4 is 43.1 Å². The fourth-order valence-corrected chi connectivity index (χ4v) is 9.08. The van der Waals surface area contributed by atoms with Crippen LogP contribution >= 0.6 is 0 Å². The second-order valence-electron chi connectivity index (χ2n) is 14.8. The molecule has 0 unspecified atom stereocenters. The number of nitrogens with one attached hydrogen (secondary N) is 2. The Morgan fingerprint density at radius 2 is 0.855 bits per heavy atom. The summed E-state index contributed by atoms with van der Waals surface area (Å²) in [5.74, 6) is 0.947. The average Bonchev–Trinajstić information content (AvgIpc) is 3.63. The third-order valence-electron chi connectivity index (χ3n) is 9.91. The molecule has 0 atom stereocenters. The number of alkyl halides is 6. The van der Waals surface area contributed by atoms with Gasteiger partial charge in [0.05, 0.1) is 22.5 Å². The zero-order valence-electron chi connectivity index (χ0n) is 33.2. The lowest BCUT2D eigenvalue weighted by Crippen LogP contribution is -2.11. The number of benzene rings is 4. The molecule has 8 rings (SSSR count). The molecule has 6 aromatic rings. The number of anilines is 2. The number of fused-ring (bicyclic) bond motifs is 2. The number of halogens is 6. The number of hydrogen-bond donors (Lipinski definition) is 2. The van der Waals surface area contributed by atoms with Crippen LogP contribution in [0.5, 0.6) is 0 Å². The predicted molar refractivity (Wildman–Crippen MR) is 225 cm³/mol. The normalized spacial score (nSPS) is 15.0. The summed E-state index contributed by atoms with van der Waals surface area (Å²) >= 11 is 0. The quantitative estimate of drug-likeness (QED) is 0.157. The Morgan fingerprint density at radius 1 is 0.500 bits per heavy atom. The fourth-order valence-electron chi connectivity index (χ4n) is 6.68. The monoisotopic (exact) mass is 890 g/mol. The Balaban J connectivity index is 0.000000186. The van der Waals surface area contributed by atoms with Gasteiger partial charge in [0.2, 0.25) is 0 Å². The van der Waals surface area contributed by atoms with Crippen molar-refractivity contribution in [3.63, 3.8) is 0 Å². The lowest BCUT2D eigenvalue weighted by Gasteiger charge is -2.13. The van der Waals surface area contributed by atoms with Crippen LogP contribution < -0.4 is 10.6 Å². The molecule has 62 heavy (non-hydrogen) atoms. The van der Waals surface area contributed by atoms with Gasteiger partial charge in [0.1, 0.15) is 9.79 Å². The van der Waals surface area contributed by atoms with Crippen LogP contribution in [-0.4, -0.2) is 38.5 Å². The molecule has 0 fully saturated rings.